The van der Waals surface area contributed by atoms with Gasteiger partial charge in [-0.05, 0) is 6.07 Å². The van der Waals surface area contributed by atoms with E-state index < -0.39 is 0 Å². The van der Waals surface area contributed by atoms with Crippen LogP contribution < -0.4 is 20.1 Å². The summed E-state index contributed by atoms with van der Waals surface area (Å²) in [5.41, 5.74) is 3.29. The summed E-state index contributed by atoms with van der Waals surface area (Å²) < 4.78 is 10.6. The van der Waals surface area contributed by atoms with E-state index in [0.717, 1.165) is 29.8 Å². The highest BCUT2D eigenvalue weighted by atomic mass is 35.5. The first-order chi connectivity index (χ1) is 11.2. The summed E-state index contributed by atoms with van der Waals surface area (Å²) in [5.74, 6) is 1.07. The van der Waals surface area contributed by atoms with Gasteiger partial charge in [-0.1, -0.05) is 12.1 Å². The van der Waals surface area contributed by atoms with Crippen molar-refractivity contribution in [1.29, 1.82) is 0 Å². The molecule has 2 heterocycles. The van der Waals surface area contributed by atoms with E-state index in [1.54, 1.807) is 14.2 Å². The molecule has 0 spiro atoms. The van der Waals surface area contributed by atoms with Crippen molar-refractivity contribution in [1.82, 2.24) is 20.8 Å². The standard InChI is InChI=1S/C16H20N4O3.ClH/c1-22-13-5-3-4-10(15(13)23-2)8-18-16(21)14-11-9-17-7-6-12(11)19-20-14;/h3-5,17H,6-9H2,1-2H3,(H,18,21)(H,19,20);1H. The van der Waals surface area contributed by atoms with Crippen molar-refractivity contribution < 1.29 is 14.3 Å². The van der Waals surface area contributed by atoms with Gasteiger partial charge in [0.05, 0.1) is 14.2 Å². The molecule has 130 valence electrons. The van der Waals surface area contributed by atoms with Gasteiger partial charge in [-0.15, -0.1) is 12.4 Å². The van der Waals surface area contributed by atoms with Crippen molar-refractivity contribution in [3.05, 3.63) is 40.7 Å². The fourth-order valence-electron chi connectivity index (χ4n) is 2.77. The fourth-order valence-corrected chi connectivity index (χ4v) is 2.77. The number of nitrogens with zero attached hydrogens (tertiary/aromatic N) is 1. The molecule has 0 radical (unpaired) electrons. The number of rotatable bonds is 5. The Morgan fingerprint density at radius 2 is 2.17 bits per heavy atom. The lowest BCUT2D eigenvalue weighted by molar-refractivity contribution is 0.0944. The maximum Gasteiger partial charge on any atom is 0.272 e. The molecule has 0 saturated carbocycles. The van der Waals surface area contributed by atoms with Gasteiger partial charge >= 0.3 is 0 Å². The zero-order valence-corrected chi connectivity index (χ0v) is 14.5. The molecule has 0 fully saturated rings. The molecule has 3 N–H and O–H groups in total. The fraction of sp³-hybridized carbons (Fsp3) is 0.375. The van der Waals surface area contributed by atoms with E-state index in [1.807, 2.05) is 18.2 Å². The molecule has 0 atom stereocenters. The molecule has 1 amide bonds. The molecule has 1 aromatic carbocycles. The quantitative estimate of drug-likeness (QED) is 0.757. The minimum Gasteiger partial charge on any atom is -0.493 e. The van der Waals surface area contributed by atoms with E-state index in [2.05, 4.69) is 20.8 Å². The lowest BCUT2D eigenvalue weighted by Crippen LogP contribution is -2.28. The molecule has 0 bridgehead atoms. The molecular weight excluding hydrogens is 332 g/mol. The Hall–Kier alpha value is -2.25. The van der Waals surface area contributed by atoms with E-state index in [1.165, 1.54) is 0 Å². The summed E-state index contributed by atoms with van der Waals surface area (Å²) in [4.78, 5) is 12.4. The van der Waals surface area contributed by atoms with Crippen molar-refractivity contribution in [2.45, 2.75) is 19.5 Å². The summed E-state index contributed by atoms with van der Waals surface area (Å²) in [6, 6.07) is 5.58. The molecule has 3 rings (SSSR count). The van der Waals surface area contributed by atoms with E-state index >= 15 is 0 Å². The van der Waals surface area contributed by atoms with Crippen LogP contribution in [-0.4, -0.2) is 36.9 Å². The van der Waals surface area contributed by atoms with E-state index in [4.69, 9.17) is 9.47 Å². The van der Waals surface area contributed by atoms with Crippen molar-refractivity contribution in [2.75, 3.05) is 20.8 Å². The smallest absolute Gasteiger partial charge is 0.272 e. The second-order valence-corrected chi connectivity index (χ2v) is 5.29. The van der Waals surface area contributed by atoms with Gasteiger partial charge in [-0.2, -0.15) is 5.10 Å². The third-order valence-electron chi connectivity index (χ3n) is 3.95. The number of hydrogen-bond donors (Lipinski definition) is 3. The van der Waals surface area contributed by atoms with Gasteiger partial charge in [0.1, 0.15) is 0 Å². The number of fused-ring (bicyclic) bond motifs is 1. The molecule has 1 aromatic heterocycles. The zero-order chi connectivity index (χ0) is 16.2. The van der Waals surface area contributed by atoms with E-state index in [9.17, 15) is 4.79 Å². The number of halogens is 1. The van der Waals surface area contributed by atoms with Gasteiger partial charge in [0.25, 0.3) is 5.91 Å². The van der Waals surface area contributed by atoms with Gasteiger partial charge < -0.3 is 20.1 Å². The number of nitrogens with one attached hydrogen (secondary N) is 3. The number of aromatic nitrogens is 2. The topological polar surface area (TPSA) is 88.3 Å². The SMILES string of the molecule is COc1cccc(CNC(=O)c2n[nH]c3c2CNCC3)c1OC.Cl. The normalized spacial score (nSPS) is 12.8. The van der Waals surface area contributed by atoms with Crippen LogP contribution in [0.4, 0.5) is 0 Å². The average molecular weight is 353 g/mol. The van der Waals surface area contributed by atoms with Crippen LogP contribution in [0.15, 0.2) is 18.2 Å². The van der Waals surface area contributed by atoms with Gasteiger partial charge in [-0.25, -0.2) is 0 Å². The Morgan fingerprint density at radius 1 is 1.33 bits per heavy atom. The van der Waals surface area contributed by atoms with Crippen molar-refractivity contribution >= 4 is 18.3 Å². The van der Waals surface area contributed by atoms with Gasteiger partial charge in [0.15, 0.2) is 17.2 Å². The summed E-state index contributed by atoms with van der Waals surface area (Å²) in [7, 11) is 3.17. The van der Waals surface area contributed by atoms with E-state index in [0.29, 0.717) is 30.3 Å². The van der Waals surface area contributed by atoms with Crippen LogP contribution in [-0.2, 0) is 19.5 Å². The number of carbonyl (C=O) groups is 1. The van der Waals surface area contributed by atoms with Crippen molar-refractivity contribution in [3.8, 4) is 11.5 Å². The number of H-pyrrole nitrogens is 1. The van der Waals surface area contributed by atoms with Crippen LogP contribution in [0, 0.1) is 0 Å². The summed E-state index contributed by atoms with van der Waals surface area (Å²) >= 11 is 0. The van der Waals surface area contributed by atoms with E-state index in [-0.39, 0.29) is 18.3 Å². The first-order valence-electron chi connectivity index (χ1n) is 7.49. The number of amides is 1. The molecule has 2 aromatic rings. The van der Waals surface area contributed by atoms with Crippen LogP contribution in [0.1, 0.15) is 27.3 Å². The second kappa shape index (κ2) is 8.03. The first kappa shape index (κ1) is 18.1. The van der Waals surface area contributed by atoms with Crippen LogP contribution in [0.25, 0.3) is 0 Å². The van der Waals surface area contributed by atoms with Crippen LogP contribution in [0.3, 0.4) is 0 Å². The first-order valence-corrected chi connectivity index (χ1v) is 7.49. The summed E-state index contributed by atoms with van der Waals surface area (Å²) in [6.45, 7) is 1.91. The molecule has 0 unspecified atom stereocenters. The van der Waals surface area contributed by atoms with Gasteiger partial charge in [-0.3, -0.25) is 9.89 Å². The molecule has 1 aliphatic heterocycles. The third kappa shape index (κ3) is 3.47. The second-order valence-electron chi connectivity index (χ2n) is 5.29. The third-order valence-corrected chi connectivity index (χ3v) is 3.95. The molecule has 7 nitrogen and oxygen atoms in total. The van der Waals surface area contributed by atoms with Crippen LogP contribution >= 0.6 is 12.4 Å². The molecule has 0 saturated heterocycles. The average Bonchev–Trinajstić information content (AvgIpc) is 3.03. The Kier molecular flexibility index (Phi) is 6.05. The minimum atomic E-state index is -0.198. The monoisotopic (exact) mass is 352 g/mol. The maximum absolute atomic E-state index is 12.4. The number of methoxy groups -OCH3 is 2. The summed E-state index contributed by atoms with van der Waals surface area (Å²) in [5, 5.41) is 13.2. The van der Waals surface area contributed by atoms with Crippen LogP contribution in [0.2, 0.25) is 0 Å². The van der Waals surface area contributed by atoms with Crippen molar-refractivity contribution in [2.24, 2.45) is 0 Å². The highest BCUT2D eigenvalue weighted by Gasteiger charge is 2.21. The molecule has 1 aliphatic rings. The number of aromatic amines is 1. The lowest BCUT2D eigenvalue weighted by Gasteiger charge is -2.14. The predicted octanol–water partition coefficient (Wildman–Crippen LogP) is 1.42. The molecular formula is C16H21ClN4O3. The Bertz CT molecular complexity index is 717. The Labute approximate surface area is 146 Å². The highest BCUT2D eigenvalue weighted by Crippen LogP contribution is 2.30. The lowest BCUT2D eigenvalue weighted by atomic mass is 10.1. The maximum atomic E-state index is 12.4. The number of hydrogen-bond acceptors (Lipinski definition) is 5. The predicted molar refractivity (Wildman–Crippen MR) is 92.0 cm³/mol. The Morgan fingerprint density at radius 3 is 2.92 bits per heavy atom. The summed E-state index contributed by atoms with van der Waals surface area (Å²) in [6.07, 6.45) is 0.860. The Balaban J connectivity index is 0.00000208. The number of carbonyl (C=O) groups excluding carboxylic acids is 1. The minimum absolute atomic E-state index is 0. The largest absolute Gasteiger partial charge is 0.493 e. The van der Waals surface area contributed by atoms with Crippen molar-refractivity contribution in [3.63, 3.8) is 0 Å². The van der Waals surface area contributed by atoms with Gasteiger partial charge in [0.2, 0.25) is 0 Å². The number of ether oxygens (including phenoxy) is 2. The highest BCUT2D eigenvalue weighted by molar-refractivity contribution is 5.94. The molecule has 0 aliphatic carbocycles. The van der Waals surface area contributed by atoms with Gasteiger partial charge in [0, 0.05) is 42.9 Å². The van der Waals surface area contributed by atoms with Crippen LogP contribution in [0.5, 0.6) is 11.5 Å². The number of para-hydroxylation sites is 1. The molecule has 8 heteroatoms. The molecule has 24 heavy (non-hydrogen) atoms. The zero-order valence-electron chi connectivity index (χ0n) is 13.6. The number of benzene rings is 1.